The minimum atomic E-state index is 0.469. The first-order chi connectivity index (χ1) is 5.35. The summed E-state index contributed by atoms with van der Waals surface area (Å²) in [5.74, 6) is 0. The van der Waals surface area contributed by atoms with Gasteiger partial charge in [-0.05, 0) is 0 Å². The number of halogens is 1. The topological polar surface area (TPSA) is 0 Å². The van der Waals surface area contributed by atoms with E-state index in [1.807, 2.05) is 12.2 Å². The zero-order valence-corrected chi connectivity index (χ0v) is 6.80. The van der Waals surface area contributed by atoms with Gasteiger partial charge in [0.2, 0.25) is 0 Å². The molecule has 0 rings (SSSR count). The average molecular weight is 152 g/mol. The van der Waals surface area contributed by atoms with Crippen molar-refractivity contribution in [1.29, 1.82) is 0 Å². The Morgan fingerprint density at radius 3 is 2.00 bits per heavy atom. The highest BCUT2D eigenvalue weighted by molar-refractivity contribution is 6.60. The highest BCUT2D eigenvalue weighted by Gasteiger charge is 2.06. The van der Waals surface area contributed by atoms with Gasteiger partial charge in [0.25, 0.3) is 0 Å². The molecule has 0 aromatic rings. The molecule has 0 nitrogen and oxygen atoms in total. The lowest BCUT2D eigenvalue weighted by Crippen LogP contribution is -2.07. The standard InChI is InChI=1S/C9H14BF/c1-3-6-10(7-4-2)8-5-9-11/h3-5,9H,1-2,6-8H2. The van der Waals surface area contributed by atoms with Gasteiger partial charge in [-0.15, -0.1) is 13.2 Å². The molecule has 0 fully saturated rings. The van der Waals surface area contributed by atoms with Gasteiger partial charge in [0.15, 0.2) is 6.71 Å². The Morgan fingerprint density at radius 1 is 1.09 bits per heavy atom. The second-order valence-electron chi connectivity index (χ2n) is 2.51. The van der Waals surface area contributed by atoms with Crippen LogP contribution in [0.4, 0.5) is 4.39 Å². The quantitative estimate of drug-likeness (QED) is 0.404. The monoisotopic (exact) mass is 152 g/mol. The molecule has 11 heavy (non-hydrogen) atoms. The smallest absolute Gasteiger partial charge is 0.151 e. The molecule has 0 heterocycles. The van der Waals surface area contributed by atoms with Crippen LogP contribution in [-0.4, -0.2) is 6.71 Å². The van der Waals surface area contributed by atoms with Crippen molar-refractivity contribution < 1.29 is 4.39 Å². The highest BCUT2D eigenvalue weighted by atomic mass is 19.1. The summed E-state index contributed by atoms with van der Waals surface area (Å²) >= 11 is 0. The van der Waals surface area contributed by atoms with Crippen LogP contribution >= 0.6 is 0 Å². The fraction of sp³-hybridized carbons (Fsp3) is 0.333. The van der Waals surface area contributed by atoms with E-state index in [9.17, 15) is 4.39 Å². The van der Waals surface area contributed by atoms with Crippen molar-refractivity contribution >= 4 is 6.71 Å². The van der Waals surface area contributed by atoms with E-state index in [1.54, 1.807) is 0 Å². The molecule has 0 aliphatic carbocycles. The normalized spacial score (nSPS) is 9.91. The van der Waals surface area contributed by atoms with Gasteiger partial charge in [0.05, 0.1) is 6.33 Å². The molecule has 0 amide bonds. The molecule has 0 N–H and O–H groups in total. The van der Waals surface area contributed by atoms with Crippen LogP contribution in [0.1, 0.15) is 0 Å². The van der Waals surface area contributed by atoms with Crippen molar-refractivity contribution in [3.05, 3.63) is 37.7 Å². The van der Waals surface area contributed by atoms with Gasteiger partial charge in [-0.2, -0.15) is 0 Å². The molecule has 0 aliphatic rings. The summed E-state index contributed by atoms with van der Waals surface area (Å²) in [6.45, 7) is 7.75. The van der Waals surface area contributed by atoms with Gasteiger partial charge in [-0.3, -0.25) is 0 Å². The summed E-state index contributed by atoms with van der Waals surface area (Å²) < 4.78 is 11.6. The van der Waals surface area contributed by atoms with Crippen molar-refractivity contribution in [1.82, 2.24) is 0 Å². The molecule has 0 bridgehead atoms. The minimum Gasteiger partial charge on any atom is -0.216 e. The summed E-state index contributed by atoms with van der Waals surface area (Å²) in [7, 11) is 0. The van der Waals surface area contributed by atoms with Crippen LogP contribution in [0.15, 0.2) is 37.7 Å². The van der Waals surface area contributed by atoms with E-state index in [0.717, 1.165) is 19.0 Å². The van der Waals surface area contributed by atoms with Crippen LogP contribution in [0, 0.1) is 0 Å². The second-order valence-corrected chi connectivity index (χ2v) is 2.51. The molecule has 0 radical (unpaired) electrons. The van der Waals surface area contributed by atoms with Crippen LogP contribution in [0.2, 0.25) is 19.0 Å². The third-order valence-corrected chi connectivity index (χ3v) is 1.56. The molecular formula is C9H14BF. The van der Waals surface area contributed by atoms with Gasteiger partial charge < -0.3 is 0 Å². The minimum absolute atomic E-state index is 0.469. The Hall–Kier alpha value is -0.785. The van der Waals surface area contributed by atoms with Crippen LogP contribution < -0.4 is 0 Å². The Morgan fingerprint density at radius 2 is 1.64 bits per heavy atom. The molecule has 0 saturated carbocycles. The Bertz CT molecular complexity index is 130. The Labute approximate surface area is 68.6 Å². The molecule has 2 heteroatoms. The number of hydrogen-bond acceptors (Lipinski definition) is 0. The molecule has 0 aromatic carbocycles. The first-order valence-corrected chi connectivity index (χ1v) is 3.82. The fourth-order valence-electron chi connectivity index (χ4n) is 1.00. The molecule has 0 unspecified atom stereocenters. The van der Waals surface area contributed by atoms with Crippen LogP contribution in [0.3, 0.4) is 0 Å². The Kier molecular flexibility index (Phi) is 6.80. The van der Waals surface area contributed by atoms with E-state index < -0.39 is 0 Å². The van der Waals surface area contributed by atoms with Crippen molar-refractivity contribution in [3.8, 4) is 0 Å². The van der Waals surface area contributed by atoms with Crippen molar-refractivity contribution in [3.63, 3.8) is 0 Å². The maximum absolute atomic E-state index is 11.6. The number of rotatable bonds is 6. The highest BCUT2D eigenvalue weighted by Crippen LogP contribution is 2.07. The third kappa shape index (κ3) is 5.65. The van der Waals surface area contributed by atoms with E-state index in [-0.39, 0.29) is 0 Å². The first-order valence-electron chi connectivity index (χ1n) is 3.82. The van der Waals surface area contributed by atoms with E-state index in [4.69, 9.17) is 0 Å². The summed E-state index contributed by atoms with van der Waals surface area (Å²) in [6, 6.07) is 0. The molecule has 0 saturated heterocycles. The zero-order chi connectivity index (χ0) is 8.53. The lowest BCUT2D eigenvalue weighted by atomic mass is 9.43. The molecule has 0 atom stereocenters. The molecule has 0 aliphatic heterocycles. The van der Waals surface area contributed by atoms with Gasteiger partial charge in [0.1, 0.15) is 0 Å². The summed E-state index contributed by atoms with van der Waals surface area (Å²) in [5, 5.41) is 0. The first kappa shape index (κ1) is 10.2. The van der Waals surface area contributed by atoms with Crippen LogP contribution in [0.5, 0.6) is 0 Å². The lowest BCUT2D eigenvalue weighted by molar-refractivity contribution is 0.719. The van der Waals surface area contributed by atoms with Crippen molar-refractivity contribution in [2.75, 3.05) is 0 Å². The van der Waals surface area contributed by atoms with E-state index in [0.29, 0.717) is 13.0 Å². The molecular weight excluding hydrogens is 138 g/mol. The van der Waals surface area contributed by atoms with Crippen molar-refractivity contribution in [2.24, 2.45) is 0 Å². The fourth-order valence-corrected chi connectivity index (χ4v) is 1.00. The van der Waals surface area contributed by atoms with E-state index >= 15 is 0 Å². The lowest BCUT2D eigenvalue weighted by Gasteiger charge is -2.03. The molecule has 60 valence electrons. The number of allylic oxidation sites excluding steroid dienone is 3. The number of hydrogen-bond donors (Lipinski definition) is 0. The van der Waals surface area contributed by atoms with Crippen LogP contribution in [0.25, 0.3) is 0 Å². The maximum atomic E-state index is 11.6. The van der Waals surface area contributed by atoms with Crippen LogP contribution in [-0.2, 0) is 0 Å². The zero-order valence-electron chi connectivity index (χ0n) is 6.80. The van der Waals surface area contributed by atoms with Gasteiger partial charge in [0, 0.05) is 0 Å². The summed E-state index contributed by atoms with van der Waals surface area (Å²) in [5.41, 5.74) is 0. The van der Waals surface area contributed by atoms with E-state index in [1.165, 1.54) is 6.08 Å². The largest absolute Gasteiger partial charge is 0.216 e. The van der Waals surface area contributed by atoms with Gasteiger partial charge >= 0.3 is 0 Å². The average Bonchev–Trinajstić information content (AvgIpc) is 2.01. The second kappa shape index (κ2) is 7.32. The summed E-state index contributed by atoms with van der Waals surface area (Å²) in [6.07, 6.45) is 8.48. The third-order valence-electron chi connectivity index (χ3n) is 1.56. The molecule has 0 spiro atoms. The van der Waals surface area contributed by atoms with Gasteiger partial charge in [-0.25, -0.2) is 4.39 Å². The predicted molar refractivity (Wildman–Crippen MR) is 50.8 cm³/mol. The van der Waals surface area contributed by atoms with Gasteiger partial charge in [-0.1, -0.05) is 37.2 Å². The SMILES string of the molecule is C=CCB(CC=C)CC=CF. The van der Waals surface area contributed by atoms with Crippen molar-refractivity contribution in [2.45, 2.75) is 19.0 Å². The van der Waals surface area contributed by atoms with E-state index in [2.05, 4.69) is 13.2 Å². The summed E-state index contributed by atoms with van der Waals surface area (Å²) in [4.78, 5) is 0. The molecule has 0 aromatic heterocycles. The predicted octanol–water partition coefficient (Wildman–Crippen LogP) is 3.34. The Balaban J connectivity index is 3.66. The maximum Gasteiger partial charge on any atom is 0.151 e.